The number of nitrogens with zero attached hydrogens (tertiary/aromatic N) is 2. The molecule has 2 fully saturated rings. The minimum atomic E-state index is -3.78. The third kappa shape index (κ3) is 7.92. The van der Waals surface area contributed by atoms with Gasteiger partial charge in [0.05, 0.1) is 12.3 Å². The van der Waals surface area contributed by atoms with Crippen molar-refractivity contribution in [1.82, 2.24) is 19.8 Å². The summed E-state index contributed by atoms with van der Waals surface area (Å²) >= 11 is 0. The molecule has 1 aromatic carbocycles. The Bertz CT molecular complexity index is 1070. The summed E-state index contributed by atoms with van der Waals surface area (Å²) in [5.74, 6) is -2.69. The number of carbonyl (C=O) groups excluding carboxylic acids is 2. The van der Waals surface area contributed by atoms with E-state index in [2.05, 4.69) is 10.0 Å². The first-order valence-corrected chi connectivity index (χ1v) is 13.6. The van der Waals surface area contributed by atoms with Crippen LogP contribution >= 0.6 is 0 Å². The van der Waals surface area contributed by atoms with Crippen molar-refractivity contribution < 1.29 is 27.9 Å². The van der Waals surface area contributed by atoms with Crippen LogP contribution in [0.1, 0.15) is 37.7 Å². The molecule has 2 aliphatic heterocycles. The number of hydrogen-bond donors (Lipinski definition) is 5. The summed E-state index contributed by atoms with van der Waals surface area (Å²) in [5.41, 5.74) is 6.14. The van der Waals surface area contributed by atoms with Gasteiger partial charge < -0.3 is 26.0 Å². The van der Waals surface area contributed by atoms with Gasteiger partial charge in [-0.25, -0.2) is 17.9 Å². The summed E-state index contributed by atoms with van der Waals surface area (Å²) in [4.78, 5) is 40.3. The summed E-state index contributed by atoms with van der Waals surface area (Å²) in [6.07, 6.45) is 2.54. The van der Waals surface area contributed by atoms with Crippen molar-refractivity contribution in [2.24, 2.45) is 11.7 Å². The second kappa shape index (κ2) is 12.2. The van der Waals surface area contributed by atoms with Crippen LogP contribution in [0.5, 0.6) is 0 Å². The minimum absolute atomic E-state index is 0.0518. The van der Waals surface area contributed by atoms with Crippen molar-refractivity contribution >= 4 is 33.8 Å². The number of likely N-dealkylation sites (tertiary alicyclic amines) is 2. The quantitative estimate of drug-likeness (QED) is 0.204. The van der Waals surface area contributed by atoms with Crippen molar-refractivity contribution in [3.63, 3.8) is 0 Å². The lowest BCUT2D eigenvalue weighted by molar-refractivity contribution is -0.144. The molecule has 6 N–H and O–H groups in total. The number of benzene rings is 1. The van der Waals surface area contributed by atoms with Gasteiger partial charge in [-0.3, -0.25) is 15.0 Å². The standard InChI is InChI=1S/C23H34N6O6S/c24-23(25)29-11-4-8-17(13-29)12-19(22(32)33)26-20(30)14-28-10-5-9-18(21(28)31)27-36(34,35)15-16-6-2-1-3-7-16/h1-3,6-7,17-19,27H,4-5,8-15H2,(H3,24,25)(H,26,30)(H,32,33)/t17-,18-,19-/m0/s1. The summed E-state index contributed by atoms with van der Waals surface area (Å²) < 4.78 is 27.6. The first-order valence-electron chi connectivity index (χ1n) is 12.0. The number of guanidine groups is 1. The molecule has 0 aromatic heterocycles. The number of nitrogens with two attached hydrogens (primary N) is 1. The fraction of sp³-hybridized carbons (Fsp3) is 0.565. The Labute approximate surface area is 210 Å². The fourth-order valence-corrected chi connectivity index (χ4v) is 6.07. The van der Waals surface area contributed by atoms with E-state index in [1.807, 2.05) is 0 Å². The van der Waals surface area contributed by atoms with Crippen LogP contribution in [0, 0.1) is 11.3 Å². The molecule has 3 atom stereocenters. The molecular weight excluding hydrogens is 488 g/mol. The monoisotopic (exact) mass is 522 g/mol. The molecule has 12 nitrogen and oxygen atoms in total. The molecule has 2 aliphatic rings. The second-order valence-corrected chi connectivity index (χ2v) is 11.1. The van der Waals surface area contributed by atoms with Gasteiger partial charge in [-0.2, -0.15) is 0 Å². The molecule has 2 heterocycles. The van der Waals surface area contributed by atoms with Crippen LogP contribution < -0.4 is 15.8 Å². The maximum absolute atomic E-state index is 12.9. The lowest BCUT2D eigenvalue weighted by Crippen LogP contribution is -2.55. The number of carboxylic acid groups (broad SMARTS) is 1. The van der Waals surface area contributed by atoms with Crippen molar-refractivity contribution in [2.75, 3.05) is 26.2 Å². The zero-order valence-corrected chi connectivity index (χ0v) is 20.9. The van der Waals surface area contributed by atoms with E-state index in [9.17, 15) is 27.9 Å². The van der Waals surface area contributed by atoms with Crippen LogP contribution in [0.15, 0.2) is 30.3 Å². The molecule has 0 unspecified atom stereocenters. The van der Waals surface area contributed by atoms with E-state index in [0.717, 1.165) is 12.8 Å². The van der Waals surface area contributed by atoms with Crippen LogP contribution in [0.3, 0.4) is 0 Å². The maximum atomic E-state index is 12.9. The third-order valence-electron chi connectivity index (χ3n) is 6.45. The molecule has 1 aromatic rings. The topological polar surface area (TPSA) is 186 Å². The Balaban J connectivity index is 1.54. The van der Waals surface area contributed by atoms with Crippen LogP contribution in [0.2, 0.25) is 0 Å². The van der Waals surface area contributed by atoms with Crippen molar-refractivity contribution in [3.05, 3.63) is 35.9 Å². The summed E-state index contributed by atoms with van der Waals surface area (Å²) in [6, 6.07) is 6.49. The van der Waals surface area contributed by atoms with Gasteiger partial charge in [0.1, 0.15) is 12.1 Å². The molecule has 3 rings (SSSR count). The zero-order chi connectivity index (χ0) is 26.3. The number of rotatable bonds is 10. The van der Waals surface area contributed by atoms with Gasteiger partial charge in [0.15, 0.2) is 5.96 Å². The molecule has 0 radical (unpaired) electrons. The van der Waals surface area contributed by atoms with E-state index in [4.69, 9.17) is 11.1 Å². The highest BCUT2D eigenvalue weighted by molar-refractivity contribution is 7.88. The Morgan fingerprint density at radius 2 is 1.86 bits per heavy atom. The van der Waals surface area contributed by atoms with Gasteiger partial charge in [-0.1, -0.05) is 30.3 Å². The zero-order valence-electron chi connectivity index (χ0n) is 20.1. The van der Waals surface area contributed by atoms with Crippen LogP contribution in [-0.2, 0) is 30.2 Å². The van der Waals surface area contributed by atoms with Crippen LogP contribution in [0.4, 0.5) is 0 Å². The molecule has 13 heteroatoms. The van der Waals surface area contributed by atoms with Crippen molar-refractivity contribution in [1.29, 1.82) is 5.41 Å². The number of nitrogens with one attached hydrogen (secondary N) is 3. The molecule has 36 heavy (non-hydrogen) atoms. The molecule has 0 aliphatic carbocycles. The second-order valence-electron chi connectivity index (χ2n) is 9.35. The number of sulfonamides is 1. The van der Waals surface area contributed by atoms with Gasteiger partial charge in [0.25, 0.3) is 0 Å². The number of amides is 2. The summed E-state index contributed by atoms with van der Waals surface area (Å²) in [5, 5.41) is 19.7. The van der Waals surface area contributed by atoms with Gasteiger partial charge in [-0.05, 0) is 43.6 Å². The number of carboxylic acids is 1. The van der Waals surface area contributed by atoms with E-state index in [0.29, 0.717) is 31.5 Å². The summed E-state index contributed by atoms with van der Waals surface area (Å²) in [7, 11) is -3.78. The van der Waals surface area contributed by atoms with E-state index < -0.39 is 39.9 Å². The lowest BCUT2D eigenvalue weighted by Gasteiger charge is -2.34. The molecule has 0 spiro atoms. The Morgan fingerprint density at radius 1 is 1.17 bits per heavy atom. The minimum Gasteiger partial charge on any atom is -0.480 e. The highest BCUT2D eigenvalue weighted by Gasteiger charge is 2.34. The molecule has 0 bridgehead atoms. The van der Waals surface area contributed by atoms with E-state index in [1.54, 1.807) is 35.2 Å². The number of carbonyl (C=O) groups is 3. The number of hydrogen-bond acceptors (Lipinski definition) is 6. The van der Waals surface area contributed by atoms with Crippen molar-refractivity contribution in [3.8, 4) is 0 Å². The van der Waals surface area contributed by atoms with E-state index in [1.165, 1.54) is 4.90 Å². The molecule has 2 saturated heterocycles. The highest BCUT2D eigenvalue weighted by Crippen LogP contribution is 2.21. The molecule has 0 saturated carbocycles. The smallest absolute Gasteiger partial charge is 0.326 e. The van der Waals surface area contributed by atoms with E-state index in [-0.39, 0.29) is 37.1 Å². The average Bonchev–Trinajstić information content (AvgIpc) is 2.81. The van der Waals surface area contributed by atoms with Gasteiger partial charge >= 0.3 is 5.97 Å². The normalized spacial score (nSPS) is 21.6. The van der Waals surface area contributed by atoms with Crippen LogP contribution in [0.25, 0.3) is 0 Å². The predicted molar refractivity (Wildman–Crippen MR) is 132 cm³/mol. The number of piperidine rings is 2. The molecular formula is C23H34N6O6S. The average molecular weight is 523 g/mol. The Morgan fingerprint density at radius 3 is 2.53 bits per heavy atom. The van der Waals surface area contributed by atoms with Gasteiger partial charge in [-0.15, -0.1) is 0 Å². The van der Waals surface area contributed by atoms with E-state index >= 15 is 0 Å². The lowest BCUT2D eigenvalue weighted by atomic mass is 9.91. The van der Waals surface area contributed by atoms with Crippen molar-refractivity contribution in [2.45, 2.75) is 49.9 Å². The maximum Gasteiger partial charge on any atom is 0.326 e. The summed E-state index contributed by atoms with van der Waals surface area (Å²) in [6.45, 7) is 1.01. The fourth-order valence-electron chi connectivity index (χ4n) is 4.70. The Hall–Kier alpha value is -3.19. The SMILES string of the molecule is N=C(N)N1CCC[C@@H](C[C@H](NC(=O)CN2CCC[C@H](NS(=O)(=O)Cc3ccccc3)C2=O)C(=O)O)C1. The first kappa shape index (κ1) is 27.4. The molecule has 198 valence electrons. The third-order valence-corrected chi connectivity index (χ3v) is 7.81. The highest BCUT2D eigenvalue weighted by atomic mass is 32.2. The van der Waals surface area contributed by atoms with Gasteiger partial charge in [0.2, 0.25) is 21.8 Å². The van der Waals surface area contributed by atoms with Crippen LogP contribution in [-0.4, -0.2) is 85.3 Å². The largest absolute Gasteiger partial charge is 0.480 e. The first-order chi connectivity index (χ1) is 17.0. The van der Waals surface area contributed by atoms with Gasteiger partial charge in [0, 0.05) is 19.6 Å². The Kier molecular flexibility index (Phi) is 9.26. The predicted octanol–water partition coefficient (Wildman–Crippen LogP) is -0.338. The number of aliphatic carboxylic acids is 1. The molecule has 2 amide bonds.